The minimum absolute atomic E-state index is 0. The molecule has 0 N–H and O–H groups in total. The molecule has 0 fully saturated rings. The van der Waals surface area contributed by atoms with Crippen LogP contribution in [0.4, 0.5) is 0 Å². The summed E-state index contributed by atoms with van der Waals surface area (Å²) in [5, 5.41) is 4.68. The van der Waals surface area contributed by atoms with E-state index in [-0.39, 0.29) is 17.0 Å². The molecular weight excluding hydrogens is 234 g/mol. The van der Waals surface area contributed by atoms with Crippen molar-refractivity contribution in [1.82, 2.24) is 0 Å². The molecule has 0 aromatic heterocycles. The number of halogens is 1. The maximum absolute atomic E-state index is 4.45. The molecule has 1 nitrogen and oxygen atoms in total. The van der Waals surface area contributed by atoms with E-state index in [2.05, 4.69) is 28.6 Å². The fourth-order valence-corrected chi connectivity index (χ4v) is 1.89. The Morgan fingerprint density at radius 1 is 1.25 bits per heavy atom. The van der Waals surface area contributed by atoms with Crippen molar-refractivity contribution in [3.8, 4) is 0 Å². The maximum Gasteiger partial charge on any atom is 0.0651 e. The first-order valence-electron chi connectivity index (χ1n) is 3.73. The summed E-state index contributed by atoms with van der Waals surface area (Å²) in [6, 6.07) is 8.30. The molecule has 1 radical (unpaired) electrons. The van der Waals surface area contributed by atoms with Gasteiger partial charge >= 0.3 is 0 Å². The van der Waals surface area contributed by atoms with Crippen molar-refractivity contribution in [3.63, 3.8) is 0 Å². The SMILES string of the molecule is Br.C1=c2ccccc2=NCC[SH]1. The first-order chi connectivity index (χ1) is 5.47. The molecule has 0 bridgehead atoms. The quantitative estimate of drug-likeness (QED) is 0.657. The van der Waals surface area contributed by atoms with Crippen molar-refractivity contribution >= 4 is 34.2 Å². The Morgan fingerprint density at radius 2 is 2.08 bits per heavy atom. The fraction of sp³-hybridized carbons (Fsp3) is 0.222. The Morgan fingerprint density at radius 3 is 3.00 bits per heavy atom. The van der Waals surface area contributed by atoms with E-state index in [4.69, 9.17) is 0 Å². The number of para-hydroxylation sites is 1. The van der Waals surface area contributed by atoms with Gasteiger partial charge in [-0.1, -0.05) is 18.2 Å². The zero-order chi connectivity index (χ0) is 7.52. The lowest BCUT2D eigenvalue weighted by Crippen LogP contribution is -2.22. The highest BCUT2D eigenvalue weighted by Gasteiger charge is 1.90. The van der Waals surface area contributed by atoms with Crippen LogP contribution in [0.1, 0.15) is 0 Å². The molecule has 1 aromatic carbocycles. The second-order valence-electron chi connectivity index (χ2n) is 2.48. The molecule has 0 saturated heterocycles. The Labute approximate surface area is 86.4 Å². The Hall–Kier alpha value is -0.280. The Bertz CT molecular complexity index is 326. The lowest BCUT2D eigenvalue weighted by Gasteiger charge is -1.85. The predicted molar refractivity (Wildman–Crippen MR) is 60.7 cm³/mol. The topological polar surface area (TPSA) is 12.4 Å². The molecule has 3 heteroatoms. The number of nitrogens with zero attached hydrogens (tertiary/aromatic N) is 1. The van der Waals surface area contributed by atoms with Gasteiger partial charge < -0.3 is 0 Å². The fourth-order valence-electron chi connectivity index (χ4n) is 1.13. The molecule has 1 aromatic rings. The summed E-state index contributed by atoms with van der Waals surface area (Å²) in [7, 11) is 0. The van der Waals surface area contributed by atoms with E-state index in [0.717, 1.165) is 17.7 Å². The lowest BCUT2D eigenvalue weighted by atomic mass is 10.3. The van der Waals surface area contributed by atoms with Gasteiger partial charge in [-0.3, -0.25) is 4.99 Å². The normalized spacial score (nSPS) is 14.3. The van der Waals surface area contributed by atoms with Crippen molar-refractivity contribution in [2.75, 3.05) is 12.3 Å². The summed E-state index contributed by atoms with van der Waals surface area (Å²) >= 11 is 1.39. The molecule has 0 aliphatic carbocycles. The van der Waals surface area contributed by atoms with E-state index in [1.165, 1.54) is 17.0 Å². The summed E-state index contributed by atoms with van der Waals surface area (Å²) in [5.74, 6) is 1.16. The van der Waals surface area contributed by atoms with Crippen molar-refractivity contribution in [3.05, 3.63) is 34.8 Å². The van der Waals surface area contributed by atoms with Crippen LogP contribution in [0.3, 0.4) is 0 Å². The van der Waals surface area contributed by atoms with Crippen LogP contribution in [0.5, 0.6) is 0 Å². The van der Waals surface area contributed by atoms with Gasteiger partial charge in [0.05, 0.1) is 5.36 Å². The molecule has 1 aliphatic rings. The van der Waals surface area contributed by atoms with Gasteiger partial charge in [0.15, 0.2) is 0 Å². The second-order valence-corrected chi connectivity index (χ2v) is 3.55. The van der Waals surface area contributed by atoms with Crippen molar-refractivity contribution in [1.29, 1.82) is 0 Å². The first-order valence-corrected chi connectivity index (χ1v) is 4.88. The molecule has 12 heavy (non-hydrogen) atoms. The van der Waals surface area contributed by atoms with E-state index in [1.807, 2.05) is 6.07 Å². The van der Waals surface area contributed by atoms with Gasteiger partial charge in [-0.25, -0.2) is 0 Å². The average Bonchev–Trinajstić information content (AvgIpc) is 2.28. The van der Waals surface area contributed by atoms with E-state index in [9.17, 15) is 0 Å². The van der Waals surface area contributed by atoms with Crippen molar-refractivity contribution in [2.24, 2.45) is 4.99 Å². The highest BCUT2D eigenvalue weighted by Crippen LogP contribution is 2.00. The van der Waals surface area contributed by atoms with Gasteiger partial charge in [0, 0.05) is 17.5 Å². The van der Waals surface area contributed by atoms with E-state index in [0.29, 0.717) is 0 Å². The standard InChI is InChI=1S/C9H10NS.BrH/c1-2-4-9-8(3-1)7-11-6-5-10-9;/h1-4,7,11H,5-6H2;1H. The molecule has 2 rings (SSSR count). The van der Waals surface area contributed by atoms with Crippen LogP contribution in [0.2, 0.25) is 0 Å². The summed E-state index contributed by atoms with van der Waals surface area (Å²) < 4.78 is 0. The summed E-state index contributed by atoms with van der Waals surface area (Å²) in [6.07, 6.45) is 0. The van der Waals surface area contributed by atoms with Gasteiger partial charge in [0.2, 0.25) is 0 Å². The van der Waals surface area contributed by atoms with Gasteiger partial charge in [-0.05, 0) is 11.5 Å². The third kappa shape index (κ3) is 2.11. The predicted octanol–water partition coefficient (Wildman–Crippen LogP) is 1.10. The minimum atomic E-state index is 0. The van der Waals surface area contributed by atoms with Crippen LogP contribution in [-0.4, -0.2) is 12.3 Å². The molecule has 0 unspecified atom stereocenters. The molecule has 0 atom stereocenters. The van der Waals surface area contributed by atoms with E-state index in [1.54, 1.807) is 0 Å². The Balaban J connectivity index is 0.000000720. The van der Waals surface area contributed by atoms with Gasteiger partial charge in [-0.15, -0.1) is 17.0 Å². The molecular formula is C9H11BrNS. The van der Waals surface area contributed by atoms with Gasteiger partial charge in [0.25, 0.3) is 0 Å². The highest BCUT2D eigenvalue weighted by atomic mass is 79.9. The first kappa shape index (κ1) is 9.81. The molecule has 0 amide bonds. The van der Waals surface area contributed by atoms with Gasteiger partial charge in [-0.2, -0.15) is 11.8 Å². The smallest absolute Gasteiger partial charge is 0.0651 e. The van der Waals surface area contributed by atoms with Crippen LogP contribution in [0, 0.1) is 0 Å². The van der Waals surface area contributed by atoms with E-state index >= 15 is 0 Å². The average molecular weight is 245 g/mol. The van der Waals surface area contributed by atoms with E-state index < -0.39 is 0 Å². The number of hydrogen-bond acceptors (Lipinski definition) is 1. The van der Waals surface area contributed by atoms with Crippen LogP contribution in [-0.2, 0) is 0 Å². The van der Waals surface area contributed by atoms with Crippen LogP contribution >= 0.6 is 28.7 Å². The summed E-state index contributed by atoms with van der Waals surface area (Å²) in [4.78, 5) is 4.45. The largest absolute Gasteiger partial charge is 0.284 e. The summed E-state index contributed by atoms with van der Waals surface area (Å²) in [5.41, 5.74) is 0. The summed E-state index contributed by atoms with van der Waals surface area (Å²) in [6.45, 7) is 0.967. The monoisotopic (exact) mass is 244 g/mol. The van der Waals surface area contributed by atoms with Crippen LogP contribution in [0.25, 0.3) is 5.41 Å². The zero-order valence-electron chi connectivity index (χ0n) is 6.60. The molecule has 0 spiro atoms. The number of benzene rings is 1. The zero-order valence-corrected chi connectivity index (χ0v) is 9.21. The third-order valence-electron chi connectivity index (χ3n) is 1.68. The van der Waals surface area contributed by atoms with Crippen molar-refractivity contribution in [2.45, 2.75) is 0 Å². The molecule has 1 heterocycles. The minimum Gasteiger partial charge on any atom is -0.284 e. The van der Waals surface area contributed by atoms with Crippen LogP contribution < -0.4 is 10.6 Å². The number of fused-ring (bicyclic) bond motifs is 1. The number of rotatable bonds is 0. The lowest BCUT2D eigenvalue weighted by molar-refractivity contribution is 1.07. The van der Waals surface area contributed by atoms with Crippen molar-refractivity contribution < 1.29 is 0 Å². The van der Waals surface area contributed by atoms with Gasteiger partial charge in [0.1, 0.15) is 0 Å². The third-order valence-corrected chi connectivity index (χ3v) is 2.60. The molecule has 65 valence electrons. The molecule has 1 aliphatic heterocycles. The number of thiol groups is 1. The Kier molecular flexibility index (Phi) is 3.82. The van der Waals surface area contributed by atoms with Crippen LogP contribution in [0.15, 0.2) is 29.3 Å². The maximum atomic E-state index is 4.45. The molecule has 0 saturated carbocycles. The highest BCUT2D eigenvalue weighted by molar-refractivity contribution is 8.93. The number of hydrogen-bond donors (Lipinski definition) is 1. The second kappa shape index (κ2) is 4.67.